The molecule has 0 radical (unpaired) electrons. The number of nitrogens with one attached hydrogen (secondary N) is 1. The maximum absolute atomic E-state index is 12.7. The third kappa shape index (κ3) is 2.80. The van der Waals surface area contributed by atoms with Crippen LogP contribution in [0, 0.1) is 0 Å². The Labute approximate surface area is 127 Å². The van der Waals surface area contributed by atoms with Gasteiger partial charge in [0.2, 0.25) is 10.0 Å². The van der Waals surface area contributed by atoms with Crippen LogP contribution in [0.3, 0.4) is 0 Å². The Bertz CT molecular complexity index is 630. The van der Waals surface area contributed by atoms with Crippen molar-refractivity contribution < 1.29 is 8.42 Å². The molecule has 0 amide bonds. The Kier molecular flexibility index (Phi) is 3.94. The molecular formula is C15H23N3O2S. The molecule has 0 aliphatic carbocycles. The molecule has 1 fully saturated rings. The van der Waals surface area contributed by atoms with E-state index in [4.69, 9.17) is 0 Å². The van der Waals surface area contributed by atoms with Crippen molar-refractivity contribution in [3.05, 3.63) is 23.8 Å². The fourth-order valence-electron chi connectivity index (χ4n) is 3.22. The van der Waals surface area contributed by atoms with Crippen LogP contribution in [0.25, 0.3) is 0 Å². The van der Waals surface area contributed by atoms with Crippen molar-refractivity contribution in [3.8, 4) is 0 Å². The van der Waals surface area contributed by atoms with E-state index in [0.29, 0.717) is 17.5 Å². The Morgan fingerprint density at radius 1 is 1.43 bits per heavy atom. The summed E-state index contributed by atoms with van der Waals surface area (Å²) in [5.41, 5.74) is 2.16. The van der Waals surface area contributed by atoms with Gasteiger partial charge < -0.3 is 10.2 Å². The fourth-order valence-corrected chi connectivity index (χ4v) is 4.45. The van der Waals surface area contributed by atoms with Crippen molar-refractivity contribution >= 4 is 15.7 Å². The van der Waals surface area contributed by atoms with Crippen molar-refractivity contribution in [1.82, 2.24) is 9.21 Å². The molecule has 1 atom stereocenters. The monoisotopic (exact) mass is 309 g/mol. The van der Waals surface area contributed by atoms with Gasteiger partial charge in [0, 0.05) is 31.9 Å². The first-order valence-corrected chi connectivity index (χ1v) is 8.96. The van der Waals surface area contributed by atoms with Crippen LogP contribution in [-0.2, 0) is 16.4 Å². The van der Waals surface area contributed by atoms with Gasteiger partial charge in [-0.3, -0.25) is 0 Å². The van der Waals surface area contributed by atoms with E-state index in [1.54, 1.807) is 19.2 Å². The Morgan fingerprint density at radius 3 is 2.95 bits per heavy atom. The minimum absolute atomic E-state index is 0.331. The van der Waals surface area contributed by atoms with E-state index < -0.39 is 10.0 Å². The second-order valence-corrected chi connectivity index (χ2v) is 8.10. The normalized spacial score (nSPS) is 22.5. The SMILES string of the molecule is CN1CCCC1CN(C)S(=O)(=O)c1ccc2c(c1)NCC2. The fraction of sp³-hybridized carbons (Fsp3) is 0.600. The van der Waals surface area contributed by atoms with Crippen molar-refractivity contribution in [2.24, 2.45) is 0 Å². The summed E-state index contributed by atoms with van der Waals surface area (Å²) in [5.74, 6) is 0. The molecule has 0 bridgehead atoms. The van der Waals surface area contributed by atoms with Gasteiger partial charge in [-0.15, -0.1) is 0 Å². The zero-order valence-corrected chi connectivity index (χ0v) is 13.5. The molecule has 5 nitrogen and oxygen atoms in total. The summed E-state index contributed by atoms with van der Waals surface area (Å²) in [6, 6.07) is 5.76. The summed E-state index contributed by atoms with van der Waals surface area (Å²) >= 11 is 0. The van der Waals surface area contributed by atoms with Gasteiger partial charge in [-0.1, -0.05) is 6.07 Å². The van der Waals surface area contributed by atoms with Crippen molar-refractivity contribution in [1.29, 1.82) is 0 Å². The van der Waals surface area contributed by atoms with E-state index in [0.717, 1.165) is 38.0 Å². The molecule has 0 aromatic heterocycles. The Balaban J connectivity index is 1.79. The minimum Gasteiger partial charge on any atom is -0.384 e. The molecule has 1 N–H and O–H groups in total. The average Bonchev–Trinajstić information content (AvgIpc) is 3.07. The molecule has 0 saturated carbocycles. The van der Waals surface area contributed by atoms with Gasteiger partial charge in [0.15, 0.2) is 0 Å². The number of sulfonamides is 1. The lowest BCUT2D eigenvalue weighted by atomic mass is 10.2. The summed E-state index contributed by atoms with van der Waals surface area (Å²) < 4.78 is 26.9. The summed E-state index contributed by atoms with van der Waals surface area (Å²) in [4.78, 5) is 2.63. The molecule has 1 aromatic carbocycles. The zero-order valence-electron chi connectivity index (χ0n) is 12.7. The summed E-state index contributed by atoms with van der Waals surface area (Å²) in [5, 5.41) is 3.24. The van der Waals surface area contributed by atoms with Gasteiger partial charge in [0.05, 0.1) is 4.90 Å². The van der Waals surface area contributed by atoms with Crippen molar-refractivity contribution in [2.45, 2.75) is 30.2 Å². The first-order chi connectivity index (χ1) is 9.98. The standard InChI is InChI=1S/C15H23N3O2S/c1-17-9-3-4-13(17)11-18(2)21(19,20)14-6-5-12-7-8-16-15(12)10-14/h5-6,10,13,16H,3-4,7-9,11H2,1-2H3. The molecular weight excluding hydrogens is 286 g/mol. The maximum atomic E-state index is 12.7. The van der Waals surface area contributed by atoms with Crippen LogP contribution < -0.4 is 5.32 Å². The molecule has 1 saturated heterocycles. The number of nitrogens with zero attached hydrogens (tertiary/aromatic N) is 2. The van der Waals surface area contributed by atoms with Crippen LogP contribution in [0.1, 0.15) is 18.4 Å². The summed E-state index contributed by atoms with van der Waals surface area (Å²) in [6.45, 7) is 2.51. The first kappa shape index (κ1) is 14.8. The third-order valence-corrected chi connectivity index (χ3v) is 6.46. The second kappa shape index (κ2) is 5.59. The van der Waals surface area contributed by atoms with Crippen molar-refractivity contribution in [2.75, 3.05) is 39.0 Å². The van der Waals surface area contributed by atoms with Crippen LogP contribution >= 0.6 is 0 Å². The van der Waals surface area contributed by atoms with Gasteiger partial charge in [0.25, 0.3) is 0 Å². The predicted octanol–water partition coefficient (Wildman–Crippen LogP) is 1.37. The molecule has 2 heterocycles. The Hall–Kier alpha value is -1.11. The van der Waals surface area contributed by atoms with E-state index >= 15 is 0 Å². The summed E-state index contributed by atoms with van der Waals surface area (Å²) in [6.07, 6.45) is 3.19. The van der Waals surface area contributed by atoms with Crippen LogP contribution in [0.5, 0.6) is 0 Å². The highest BCUT2D eigenvalue weighted by atomic mass is 32.2. The molecule has 2 aliphatic rings. The van der Waals surface area contributed by atoms with Gasteiger partial charge in [-0.05, 0) is 50.6 Å². The number of hydrogen-bond acceptors (Lipinski definition) is 4. The topological polar surface area (TPSA) is 52.7 Å². The molecule has 2 aliphatic heterocycles. The largest absolute Gasteiger partial charge is 0.384 e. The molecule has 1 aromatic rings. The first-order valence-electron chi connectivity index (χ1n) is 7.52. The lowest BCUT2D eigenvalue weighted by molar-refractivity contribution is 0.271. The van der Waals surface area contributed by atoms with Crippen LogP contribution in [0.4, 0.5) is 5.69 Å². The quantitative estimate of drug-likeness (QED) is 0.913. The highest BCUT2D eigenvalue weighted by Gasteiger charge is 2.28. The number of benzene rings is 1. The zero-order chi connectivity index (χ0) is 15.0. The number of likely N-dealkylation sites (tertiary alicyclic amines) is 1. The average molecular weight is 309 g/mol. The summed E-state index contributed by atoms with van der Waals surface area (Å²) in [7, 11) is 0.345. The van der Waals surface area contributed by atoms with E-state index in [1.807, 2.05) is 6.07 Å². The van der Waals surface area contributed by atoms with Gasteiger partial charge in [-0.2, -0.15) is 4.31 Å². The maximum Gasteiger partial charge on any atom is 0.242 e. The van der Waals surface area contributed by atoms with Crippen LogP contribution in [0.2, 0.25) is 0 Å². The number of likely N-dealkylation sites (N-methyl/N-ethyl adjacent to an activating group) is 2. The predicted molar refractivity (Wildman–Crippen MR) is 84.1 cm³/mol. The van der Waals surface area contributed by atoms with Gasteiger partial charge in [0.1, 0.15) is 0 Å². The van der Waals surface area contributed by atoms with Gasteiger partial charge in [-0.25, -0.2) is 8.42 Å². The molecule has 21 heavy (non-hydrogen) atoms. The number of hydrogen-bond donors (Lipinski definition) is 1. The number of fused-ring (bicyclic) bond motifs is 1. The minimum atomic E-state index is -3.40. The highest BCUT2D eigenvalue weighted by Crippen LogP contribution is 2.27. The molecule has 0 spiro atoms. The van der Waals surface area contributed by atoms with E-state index in [2.05, 4.69) is 17.3 Å². The lowest BCUT2D eigenvalue weighted by Gasteiger charge is -2.25. The molecule has 116 valence electrons. The van der Waals surface area contributed by atoms with Crippen LogP contribution in [-0.4, -0.2) is 57.4 Å². The second-order valence-electron chi connectivity index (χ2n) is 6.06. The van der Waals surface area contributed by atoms with E-state index in [-0.39, 0.29) is 0 Å². The molecule has 6 heteroatoms. The highest BCUT2D eigenvalue weighted by molar-refractivity contribution is 7.89. The number of rotatable bonds is 4. The number of anilines is 1. The van der Waals surface area contributed by atoms with Gasteiger partial charge >= 0.3 is 0 Å². The lowest BCUT2D eigenvalue weighted by Crippen LogP contribution is -2.39. The molecule has 1 unspecified atom stereocenters. The van der Waals surface area contributed by atoms with Crippen molar-refractivity contribution in [3.63, 3.8) is 0 Å². The molecule has 3 rings (SSSR count). The third-order valence-electron chi connectivity index (χ3n) is 4.64. The smallest absolute Gasteiger partial charge is 0.242 e. The van der Waals surface area contributed by atoms with E-state index in [1.165, 1.54) is 9.87 Å². The van der Waals surface area contributed by atoms with Crippen LogP contribution in [0.15, 0.2) is 23.1 Å². The Morgan fingerprint density at radius 2 is 2.24 bits per heavy atom. The van der Waals surface area contributed by atoms with E-state index in [9.17, 15) is 8.42 Å².